The van der Waals surface area contributed by atoms with Crippen molar-refractivity contribution in [3.05, 3.63) is 211 Å². The minimum absolute atomic E-state index is 0. The Bertz CT molecular complexity index is 5990. The summed E-state index contributed by atoms with van der Waals surface area (Å²) in [5, 5.41) is 87.1. The number of aliphatic carboxylic acids is 2. The fourth-order valence-electron chi connectivity index (χ4n) is 14.4. The maximum atomic E-state index is 13.8. The molecule has 9 atom stereocenters. The molecule has 0 radical (unpaired) electrons. The molecule has 0 saturated carbocycles. The number of benzene rings is 1. The normalized spacial score (nSPS) is 17.0. The van der Waals surface area contributed by atoms with Gasteiger partial charge in [-0.15, -0.1) is 0 Å². The number of hydrogen-bond donors (Lipinski definition) is 6. The number of carbonyl (C=O) groups is 8. The number of carbonyl (C=O) groups excluding carboxylic acids is 10. The van der Waals surface area contributed by atoms with Gasteiger partial charge in [-0.2, -0.15) is 113 Å². The van der Waals surface area contributed by atoms with Crippen molar-refractivity contribution in [3.63, 3.8) is 0 Å². The third-order valence-electron chi connectivity index (χ3n) is 21.7. The van der Waals surface area contributed by atoms with E-state index in [4.69, 9.17) is 39.9 Å². The lowest BCUT2D eigenvalue weighted by Gasteiger charge is -2.19. The Kier molecular flexibility index (Phi) is 52.6. The summed E-state index contributed by atoms with van der Waals surface area (Å²) in [6, 6.07) is 14.3. The van der Waals surface area contributed by atoms with E-state index < -0.39 is 146 Å². The van der Waals surface area contributed by atoms with E-state index in [9.17, 15) is 130 Å². The van der Waals surface area contributed by atoms with Crippen LogP contribution in [0.5, 0.6) is 0 Å². The number of likely N-dealkylation sites (tertiary alicyclic amines) is 2. The molecule has 5 amide bonds. The first-order chi connectivity index (χ1) is 67.2. The first kappa shape index (κ1) is 133. The first-order valence-corrected chi connectivity index (χ1v) is 43.3. The number of amides is 5. The summed E-state index contributed by atoms with van der Waals surface area (Å²) in [4.78, 5) is 157. The van der Waals surface area contributed by atoms with E-state index in [0.29, 0.717) is 75.4 Å². The Balaban J connectivity index is 0.00000165. The van der Waals surface area contributed by atoms with Crippen molar-refractivity contribution in [1.82, 2.24) is 98.7 Å². The summed E-state index contributed by atoms with van der Waals surface area (Å²) < 4.78 is 189. The fourth-order valence-corrected chi connectivity index (χ4v) is 15.0. The van der Waals surface area contributed by atoms with Crippen LogP contribution in [0.25, 0.3) is 6.08 Å². The fraction of sp³-hybridized carbons (Fsp3) is 0.494. The van der Waals surface area contributed by atoms with Gasteiger partial charge in [-0.25, -0.2) is 8.78 Å². The quantitative estimate of drug-likeness (QED) is 0.0109. The number of likely N-dealkylation sites (N-methyl/N-ethyl adjacent to an activating group) is 2. The third-order valence-corrected chi connectivity index (χ3v) is 22.2. The van der Waals surface area contributed by atoms with Gasteiger partial charge < -0.3 is 46.4 Å². The predicted molar refractivity (Wildman–Crippen MR) is 502 cm³/mol. The highest BCUT2D eigenvalue weighted by molar-refractivity contribution is 14.1. The van der Waals surface area contributed by atoms with Crippen molar-refractivity contribution in [3.8, 4) is 0 Å². The lowest BCUT2D eigenvalue weighted by atomic mass is 9.85. The van der Waals surface area contributed by atoms with E-state index in [1.165, 1.54) is 49.2 Å². The zero-order valence-corrected chi connectivity index (χ0v) is 82.5. The van der Waals surface area contributed by atoms with E-state index >= 15 is 0 Å². The van der Waals surface area contributed by atoms with Crippen LogP contribution in [0.15, 0.2) is 85.2 Å². The average molecular weight is 2240 g/mol. The van der Waals surface area contributed by atoms with Crippen LogP contribution in [0.2, 0.25) is 0 Å². The number of anilines is 2. The van der Waals surface area contributed by atoms with Crippen LogP contribution in [0.1, 0.15) is 172 Å². The van der Waals surface area contributed by atoms with Crippen molar-refractivity contribution in [2.24, 2.45) is 86.0 Å². The van der Waals surface area contributed by atoms with Gasteiger partial charge in [-0.3, -0.25) is 106 Å². The van der Waals surface area contributed by atoms with Crippen molar-refractivity contribution in [1.29, 1.82) is 0 Å². The molecule has 818 valence electrons. The summed E-state index contributed by atoms with van der Waals surface area (Å²) in [7, 11) is 15.2. The molecule has 0 aliphatic carbocycles. The number of alkyl halides is 12. The summed E-state index contributed by atoms with van der Waals surface area (Å²) in [6.45, 7) is 16.0. The van der Waals surface area contributed by atoms with E-state index in [2.05, 4.69) is 56.7 Å². The molecule has 7 N–H and O–H groups in total. The Morgan fingerprint density at radius 1 is 0.527 bits per heavy atom. The van der Waals surface area contributed by atoms with Crippen LogP contribution < -0.4 is 21.7 Å². The molecule has 46 nitrogen and oxygen atoms in total. The summed E-state index contributed by atoms with van der Waals surface area (Å²) >= 11 is 1.73. The Hall–Kier alpha value is -15.3. The number of ether oxygens (including phenoxy) is 1. The molecule has 8 aromatic heterocycles. The molecule has 12 heterocycles. The minimum Gasteiger partial charge on any atom is -0.481 e. The molecule has 13 rings (SSSR count). The van der Waals surface area contributed by atoms with Gasteiger partial charge in [-0.05, 0) is 125 Å². The van der Waals surface area contributed by atoms with Gasteiger partial charge in [0.05, 0.1) is 62.2 Å². The third kappa shape index (κ3) is 38.2. The van der Waals surface area contributed by atoms with Crippen LogP contribution >= 0.6 is 22.6 Å². The van der Waals surface area contributed by atoms with Crippen LogP contribution in [0.3, 0.4) is 0 Å². The zero-order chi connectivity index (χ0) is 111. The number of carboxylic acids is 2. The molecule has 4 fully saturated rings. The zero-order valence-electron chi connectivity index (χ0n) is 80.4. The number of halogens is 15. The molecule has 61 heteroatoms. The number of hydrogen-bond acceptors (Lipinski definition) is 28. The second kappa shape index (κ2) is 58.7. The molecule has 0 bridgehead atoms. The molecule has 0 spiro atoms. The molecule has 148 heavy (non-hydrogen) atoms. The largest absolute Gasteiger partial charge is 0.481 e. The van der Waals surface area contributed by atoms with Gasteiger partial charge in [-0.1, -0.05) is 55.0 Å². The second-order valence-electron chi connectivity index (χ2n) is 31.6. The number of nitrogen functional groups attached to an aromatic ring is 1. The maximum absolute atomic E-state index is 13.8. The van der Waals surface area contributed by atoms with Gasteiger partial charge in [0.25, 0.3) is 0 Å². The predicted octanol–water partition coefficient (Wildman–Crippen LogP) is 11.1. The Labute approximate surface area is 849 Å². The van der Waals surface area contributed by atoms with Crippen molar-refractivity contribution in [2.75, 3.05) is 64.5 Å². The molecule has 4 aliphatic rings. The molecular weight excluding hydrogens is 2120 g/mol. The lowest BCUT2D eigenvalue weighted by Crippen LogP contribution is -2.33. The van der Waals surface area contributed by atoms with E-state index in [0.717, 1.165) is 87.5 Å². The van der Waals surface area contributed by atoms with Crippen molar-refractivity contribution < 1.29 is 149 Å². The molecular formula is C87H114F14IN25O21. The van der Waals surface area contributed by atoms with Crippen LogP contribution in [0.4, 0.5) is 73.0 Å². The number of nitrogens with zero attached hydrogens (tertiary/aromatic N) is 21. The van der Waals surface area contributed by atoms with Crippen LogP contribution in [0, 0.1) is 103 Å². The van der Waals surface area contributed by atoms with Gasteiger partial charge in [0.15, 0.2) is 11.6 Å². The number of nitro groups is 3. The highest BCUT2D eigenvalue weighted by Crippen LogP contribution is 2.40. The standard InChI is InChI=1S/C17H18F2N4O2.C12H18F3N3O2.C12H17N3O3.C11H15N3O3.C10H13N3O3.C7H6F3N3O2.C5H4F3IN2.C5H6F3N3.C3H5NO2.2CO2.3CH4/c1-9-7-13(21-23(9)3)10-8-22(2)17(25)14(10)16(24)20-12-6-4-5-11(18)15(12)19;1-4-8(5-2)9(7-18(19)20)10-6-11(12(13,14)15)17(3)16-10;1-4-18-12(17)10-8(6-13-11(10)16)9-5-7(2)15(3)14-9;1-6-4-8(12-14(6)3)7-5-13(2)10(15)9(7)11(16)17;1-5-3-7(12-13(5)2)6-4-11-9(14)8(6)10(15)16;1-12-6(7(8,9)10)4-5(11-12)2-3-13(14)15;2*1-11-3(5(6,7)8)2-4(9)10-11;1-2-3-4(5)6;2*2-1-3;;;/h4-7,10,14H,8H2,1-3H3,(H,20,24);6,8-9H,4-5,7H2,1-3H3;5,8,10H,4,6H2,1-3H3,(H,13,16);4,7,9H,5H2,1-3H3,(H,16,17);3,6,8H,4H2,1-2H3,(H,11,14)(H,15,16);2-4H,1H3;2H,1H3;2H,1H3,(H2,9,10);2-3H,1H3;;;3*1H4/b;;;;;3-2+;;;3-2+;;;;;/t10-,14+;9-;8-,10-;7-,9-;6-,8-;;;;;;;;;/m11111........./s1. The van der Waals surface area contributed by atoms with Gasteiger partial charge in [0, 0.05) is 166 Å². The van der Waals surface area contributed by atoms with Crippen LogP contribution in [-0.4, -0.2) is 226 Å². The molecule has 1 aromatic carbocycles. The smallest absolute Gasteiger partial charge is 0.433 e. The molecule has 9 aromatic rings. The van der Waals surface area contributed by atoms with Crippen molar-refractivity contribution in [2.45, 2.75) is 145 Å². The Morgan fingerprint density at radius 3 is 1.21 bits per heavy atom. The molecule has 4 aliphatic heterocycles. The average Bonchev–Trinajstić information content (AvgIpc) is 1.63. The first-order valence-electron chi connectivity index (χ1n) is 42.2. The maximum Gasteiger partial charge on any atom is 0.433 e. The van der Waals surface area contributed by atoms with Gasteiger partial charge in [0.1, 0.15) is 56.0 Å². The number of nitrogens with one attached hydrogen (secondary N) is 3. The number of aryl methyl sites for hydroxylation is 12. The molecule has 4 saturated heterocycles. The topological polar surface area (TPSA) is 595 Å². The number of aromatic nitrogens is 16. The summed E-state index contributed by atoms with van der Waals surface area (Å²) in [5.74, 6) is -13.0. The van der Waals surface area contributed by atoms with Crippen molar-refractivity contribution >= 4 is 99.9 Å². The SMILES string of the molecule is C.C.C.C/C=C/[N+](=O)[O-].CCC(CC)[C@@H](C[N+](=O)[O-])c1cc(C(F)(F)F)n(C)n1.CCOC(=O)[C@H]1C(=O)NC[C@@H]1c1cc(C)n(C)n1.Cc1cc([C@H]2CN(C)C(=O)[C@@H]2C(=O)Nc2cccc(F)c2F)nn1C.Cc1cc([C@H]2CN(C)C(=O)[C@@H]2C(=O)O)nn1C.Cc1cc([C@H]2CNC(=O)[C@@H]2C(=O)O)nn1C.Cn1nc(/C=C/[N+](=O)[O-])cc1C(F)(F)F.Cn1nc(I)cc1C(F)(F)F.Cn1nc(N)cc1C(F)(F)F.O=C=O.O=C=O. The number of rotatable bonds is 19. The lowest BCUT2D eigenvalue weighted by molar-refractivity contribution is -0.485. The van der Waals surface area contributed by atoms with E-state index in [1.54, 1.807) is 90.4 Å². The van der Waals surface area contributed by atoms with Gasteiger partial charge in [0.2, 0.25) is 48.5 Å². The summed E-state index contributed by atoms with van der Waals surface area (Å²) in [6.07, 6.45) is -12.2. The van der Waals surface area contributed by atoms with Crippen LogP contribution in [-0.2, 0) is 143 Å². The highest BCUT2D eigenvalue weighted by Gasteiger charge is 2.49. The number of nitrogens with two attached hydrogens (primary N) is 1. The number of esters is 1. The summed E-state index contributed by atoms with van der Waals surface area (Å²) in [5.41, 5.74) is 7.89. The second-order valence-corrected chi connectivity index (χ2v) is 32.7. The monoisotopic (exact) mass is 2240 g/mol. The Morgan fingerprint density at radius 2 is 0.892 bits per heavy atom. The molecule has 0 unspecified atom stereocenters. The minimum atomic E-state index is -4.51. The number of carboxylic acid groups (broad SMARTS) is 2. The van der Waals surface area contributed by atoms with E-state index in [1.807, 2.05) is 72.9 Å². The number of allylic oxidation sites excluding steroid dienone is 1. The highest BCUT2D eigenvalue weighted by atomic mass is 127. The van der Waals surface area contributed by atoms with E-state index in [-0.39, 0.29) is 105 Å². The van der Waals surface area contributed by atoms with Gasteiger partial charge >= 0.3 is 54.9 Å².